The third-order valence-corrected chi connectivity index (χ3v) is 2.95. The third-order valence-electron chi connectivity index (χ3n) is 2.95. The lowest BCUT2D eigenvalue weighted by Gasteiger charge is -2.23. The van der Waals surface area contributed by atoms with Crippen molar-refractivity contribution < 1.29 is 4.74 Å². The summed E-state index contributed by atoms with van der Waals surface area (Å²) in [7, 11) is 2.15. The number of para-hydroxylation sites is 1. The topological polar surface area (TPSA) is 12.5 Å². The van der Waals surface area contributed by atoms with Crippen LogP contribution in [0.2, 0.25) is 0 Å². The Balaban J connectivity index is 2.25. The van der Waals surface area contributed by atoms with Gasteiger partial charge in [-0.05, 0) is 32.0 Å². The zero-order chi connectivity index (χ0) is 11.4. The van der Waals surface area contributed by atoms with E-state index in [1.165, 1.54) is 11.1 Å². The van der Waals surface area contributed by atoms with Crippen LogP contribution in [0, 0.1) is 0 Å². The molecule has 0 bridgehead atoms. The highest BCUT2D eigenvalue weighted by molar-refractivity contribution is 5.71. The van der Waals surface area contributed by atoms with Gasteiger partial charge >= 0.3 is 0 Å². The summed E-state index contributed by atoms with van der Waals surface area (Å²) in [5.41, 5.74) is 2.68. The molecule has 16 heavy (non-hydrogen) atoms. The standard InChI is InChI=1S/C14H19NO/c1-3-16-14-7-5-4-6-13(14)12-8-10-15(2)11-9-12/h4-8H,3,9-11H2,1-2H3. The summed E-state index contributed by atoms with van der Waals surface area (Å²) in [4.78, 5) is 2.33. The molecule has 0 amide bonds. The normalized spacial score (nSPS) is 17.0. The number of nitrogens with zero attached hydrogens (tertiary/aromatic N) is 1. The van der Waals surface area contributed by atoms with Crippen LogP contribution in [0.3, 0.4) is 0 Å². The SMILES string of the molecule is CCOc1ccccc1C1=CCN(C)CC1. The van der Waals surface area contributed by atoms with Crippen molar-refractivity contribution >= 4 is 5.57 Å². The lowest BCUT2D eigenvalue weighted by Crippen LogP contribution is -2.23. The van der Waals surface area contributed by atoms with Crippen LogP contribution in [0.1, 0.15) is 18.9 Å². The first-order chi connectivity index (χ1) is 7.81. The molecule has 2 heteroatoms. The second-order valence-electron chi connectivity index (χ2n) is 4.17. The predicted molar refractivity (Wildman–Crippen MR) is 67.7 cm³/mol. The van der Waals surface area contributed by atoms with E-state index in [4.69, 9.17) is 4.74 Å². The fourth-order valence-electron chi connectivity index (χ4n) is 2.03. The van der Waals surface area contributed by atoms with Gasteiger partial charge in [-0.1, -0.05) is 24.3 Å². The first-order valence-electron chi connectivity index (χ1n) is 5.91. The minimum absolute atomic E-state index is 0.726. The highest BCUT2D eigenvalue weighted by atomic mass is 16.5. The molecule has 0 spiro atoms. The van der Waals surface area contributed by atoms with Gasteiger partial charge in [0.25, 0.3) is 0 Å². The highest BCUT2D eigenvalue weighted by Gasteiger charge is 2.12. The van der Waals surface area contributed by atoms with E-state index in [2.05, 4.69) is 36.2 Å². The number of benzene rings is 1. The van der Waals surface area contributed by atoms with Crippen molar-refractivity contribution in [3.05, 3.63) is 35.9 Å². The van der Waals surface area contributed by atoms with Gasteiger partial charge in [-0.15, -0.1) is 0 Å². The molecule has 0 N–H and O–H groups in total. The molecule has 0 saturated heterocycles. The van der Waals surface area contributed by atoms with Crippen molar-refractivity contribution in [3.8, 4) is 5.75 Å². The van der Waals surface area contributed by atoms with Crippen LogP contribution in [-0.4, -0.2) is 31.6 Å². The van der Waals surface area contributed by atoms with Crippen molar-refractivity contribution in [2.24, 2.45) is 0 Å². The maximum Gasteiger partial charge on any atom is 0.126 e. The van der Waals surface area contributed by atoms with Crippen LogP contribution < -0.4 is 4.74 Å². The zero-order valence-corrected chi connectivity index (χ0v) is 10.1. The fraction of sp³-hybridized carbons (Fsp3) is 0.429. The van der Waals surface area contributed by atoms with Crippen LogP contribution >= 0.6 is 0 Å². The van der Waals surface area contributed by atoms with Gasteiger partial charge < -0.3 is 9.64 Å². The van der Waals surface area contributed by atoms with Crippen LogP contribution in [0.15, 0.2) is 30.3 Å². The van der Waals surface area contributed by atoms with Crippen molar-refractivity contribution in [3.63, 3.8) is 0 Å². The molecule has 0 atom stereocenters. The monoisotopic (exact) mass is 217 g/mol. The van der Waals surface area contributed by atoms with Crippen LogP contribution in [-0.2, 0) is 0 Å². The van der Waals surface area contributed by atoms with E-state index in [9.17, 15) is 0 Å². The van der Waals surface area contributed by atoms with Gasteiger partial charge in [0.15, 0.2) is 0 Å². The van der Waals surface area contributed by atoms with Gasteiger partial charge in [-0.3, -0.25) is 0 Å². The van der Waals surface area contributed by atoms with E-state index >= 15 is 0 Å². The summed E-state index contributed by atoms with van der Waals surface area (Å²) in [6, 6.07) is 8.32. The van der Waals surface area contributed by atoms with Crippen LogP contribution in [0.5, 0.6) is 5.75 Å². The summed E-state index contributed by atoms with van der Waals surface area (Å²) in [6.07, 6.45) is 3.42. The molecule has 1 aromatic rings. The van der Waals surface area contributed by atoms with Gasteiger partial charge in [0.2, 0.25) is 0 Å². The van der Waals surface area contributed by atoms with Gasteiger partial charge in [-0.2, -0.15) is 0 Å². The molecular formula is C14H19NO. The van der Waals surface area contributed by atoms with Crippen molar-refractivity contribution in [2.45, 2.75) is 13.3 Å². The molecule has 0 saturated carbocycles. The van der Waals surface area contributed by atoms with Gasteiger partial charge in [-0.25, -0.2) is 0 Å². The van der Waals surface area contributed by atoms with E-state index in [1.54, 1.807) is 0 Å². The summed E-state index contributed by atoms with van der Waals surface area (Å²) in [6.45, 7) is 4.92. The van der Waals surface area contributed by atoms with Crippen molar-refractivity contribution in [1.82, 2.24) is 4.90 Å². The molecule has 86 valence electrons. The quantitative estimate of drug-likeness (QED) is 0.772. The molecular weight excluding hydrogens is 198 g/mol. The number of ether oxygens (including phenoxy) is 1. The van der Waals surface area contributed by atoms with Gasteiger partial charge in [0.05, 0.1) is 6.61 Å². The average Bonchev–Trinajstić information content (AvgIpc) is 2.32. The Kier molecular flexibility index (Phi) is 3.62. The Morgan fingerprint density at radius 2 is 2.12 bits per heavy atom. The second kappa shape index (κ2) is 5.17. The predicted octanol–water partition coefficient (Wildman–Crippen LogP) is 2.80. The Hall–Kier alpha value is -1.28. The minimum atomic E-state index is 0.726. The molecule has 1 heterocycles. The number of hydrogen-bond acceptors (Lipinski definition) is 2. The Morgan fingerprint density at radius 1 is 1.31 bits per heavy atom. The molecule has 2 nitrogen and oxygen atoms in total. The van der Waals surface area contributed by atoms with Gasteiger partial charge in [0, 0.05) is 18.7 Å². The Labute approximate surface area is 97.5 Å². The molecule has 0 radical (unpaired) electrons. The molecule has 2 rings (SSSR count). The summed E-state index contributed by atoms with van der Waals surface area (Å²) in [5, 5.41) is 0. The van der Waals surface area contributed by atoms with E-state index in [-0.39, 0.29) is 0 Å². The molecule has 0 aliphatic carbocycles. The van der Waals surface area contributed by atoms with Gasteiger partial charge in [0.1, 0.15) is 5.75 Å². The second-order valence-corrected chi connectivity index (χ2v) is 4.17. The van der Waals surface area contributed by atoms with E-state index in [1.807, 2.05) is 13.0 Å². The third kappa shape index (κ3) is 2.45. The average molecular weight is 217 g/mol. The number of likely N-dealkylation sites (N-methyl/N-ethyl adjacent to an activating group) is 1. The highest BCUT2D eigenvalue weighted by Crippen LogP contribution is 2.29. The number of hydrogen-bond donors (Lipinski definition) is 0. The van der Waals surface area contributed by atoms with E-state index in [0.29, 0.717) is 0 Å². The largest absolute Gasteiger partial charge is 0.493 e. The van der Waals surface area contributed by atoms with E-state index in [0.717, 1.165) is 31.9 Å². The Bertz CT molecular complexity index is 384. The molecule has 1 aliphatic rings. The number of rotatable bonds is 3. The molecule has 0 fully saturated rings. The minimum Gasteiger partial charge on any atom is -0.493 e. The summed E-state index contributed by atoms with van der Waals surface area (Å²) in [5.74, 6) is 1.01. The van der Waals surface area contributed by atoms with Crippen molar-refractivity contribution in [2.75, 3.05) is 26.7 Å². The Morgan fingerprint density at radius 3 is 2.81 bits per heavy atom. The molecule has 1 aliphatic heterocycles. The van der Waals surface area contributed by atoms with Crippen LogP contribution in [0.25, 0.3) is 5.57 Å². The molecule has 0 unspecified atom stereocenters. The summed E-state index contributed by atoms with van der Waals surface area (Å²) >= 11 is 0. The maximum atomic E-state index is 5.66. The fourth-order valence-corrected chi connectivity index (χ4v) is 2.03. The lowest BCUT2D eigenvalue weighted by molar-refractivity contribution is 0.338. The van der Waals surface area contributed by atoms with Crippen molar-refractivity contribution in [1.29, 1.82) is 0 Å². The first kappa shape index (κ1) is 11.2. The van der Waals surface area contributed by atoms with E-state index < -0.39 is 0 Å². The maximum absolute atomic E-state index is 5.66. The zero-order valence-electron chi connectivity index (χ0n) is 10.1. The smallest absolute Gasteiger partial charge is 0.126 e. The lowest BCUT2D eigenvalue weighted by atomic mass is 9.99. The molecule has 1 aromatic carbocycles. The van der Waals surface area contributed by atoms with Crippen LogP contribution in [0.4, 0.5) is 0 Å². The molecule has 0 aromatic heterocycles. The summed E-state index contributed by atoms with van der Waals surface area (Å²) < 4.78 is 5.66. The first-order valence-corrected chi connectivity index (χ1v) is 5.91.